The molecule has 1 fully saturated rings. The van der Waals surface area contributed by atoms with Gasteiger partial charge in [0.2, 0.25) is 0 Å². The van der Waals surface area contributed by atoms with Crippen molar-refractivity contribution >= 4 is 28.3 Å². The number of thiophene rings is 1. The number of pyridine rings is 1. The van der Waals surface area contributed by atoms with Crippen LogP contribution in [0.2, 0.25) is 0 Å². The highest BCUT2D eigenvalue weighted by atomic mass is 32.1. The highest BCUT2D eigenvalue weighted by Gasteiger charge is 2.26. The molecule has 6 heteroatoms. The number of carbonyl (C=O) groups is 1. The second kappa shape index (κ2) is 8.03. The highest BCUT2D eigenvalue weighted by Crippen LogP contribution is 2.31. The zero-order valence-corrected chi connectivity index (χ0v) is 17.8. The van der Waals surface area contributed by atoms with Crippen molar-refractivity contribution in [2.45, 2.75) is 57.9 Å². The van der Waals surface area contributed by atoms with Crippen molar-refractivity contribution in [2.75, 3.05) is 7.05 Å². The van der Waals surface area contributed by atoms with Gasteiger partial charge in [-0.15, -0.1) is 11.3 Å². The van der Waals surface area contributed by atoms with Gasteiger partial charge in [-0.05, 0) is 37.3 Å². The Hall–Kier alpha value is -2.21. The average Bonchev–Trinajstić information content (AvgIpc) is 3.29. The number of rotatable bonds is 3. The molecule has 0 aliphatic heterocycles. The highest BCUT2D eigenvalue weighted by molar-refractivity contribution is 7.13. The molecule has 4 rings (SSSR count). The van der Waals surface area contributed by atoms with Crippen LogP contribution in [-0.4, -0.2) is 38.7 Å². The van der Waals surface area contributed by atoms with Crippen molar-refractivity contribution in [3.63, 3.8) is 0 Å². The Morgan fingerprint density at radius 3 is 2.61 bits per heavy atom. The van der Waals surface area contributed by atoms with E-state index in [1.165, 1.54) is 32.1 Å². The molecular formula is C22H28N4OS. The minimum absolute atomic E-state index is 0.0897. The molecule has 1 saturated carbocycles. The molecule has 1 aliphatic carbocycles. The van der Waals surface area contributed by atoms with Gasteiger partial charge in [-0.25, -0.2) is 4.98 Å². The molecule has 5 nitrogen and oxygen atoms in total. The van der Waals surface area contributed by atoms with Crippen LogP contribution in [0, 0.1) is 6.92 Å². The van der Waals surface area contributed by atoms with Crippen LogP contribution in [0.25, 0.3) is 21.6 Å². The number of nitrogens with zero attached hydrogens (tertiary/aromatic N) is 4. The molecule has 28 heavy (non-hydrogen) atoms. The number of aromatic nitrogens is 3. The molecule has 0 saturated heterocycles. The maximum Gasteiger partial charge on any atom is 0.254 e. The molecule has 0 atom stereocenters. The Kier molecular flexibility index (Phi) is 5.49. The van der Waals surface area contributed by atoms with Crippen LogP contribution in [0.15, 0.2) is 23.6 Å². The normalized spacial score (nSPS) is 16.1. The maximum atomic E-state index is 13.6. The third-order valence-corrected chi connectivity index (χ3v) is 6.81. The van der Waals surface area contributed by atoms with E-state index in [1.807, 2.05) is 43.4 Å². The Labute approximate surface area is 170 Å². The number of amides is 1. The molecule has 3 heterocycles. The lowest BCUT2D eigenvalue weighted by Crippen LogP contribution is -2.37. The van der Waals surface area contributed by atoms with Gasteiger partial charge in [0.1, 0.15) is 0 Å². The van der Waals surface area contributed by atoms with Crippen LogP contribution in [0.4, 0.5) is 0 Å². The van der Waals surface area contributed by atoms with Crippen LogP contribution in [0.1, 0.15) is 61.0 Å². The van der Waals surface area contributed by atoms with Crippen molar-refractivity contribution in [3.8, 4) is 10.6 Å². The molecule has 1 amide bonds. The van der Waals surface area contributed by atoms with Crippen molar-refractivity contribution in [1.29, 1.82) is 0 Å². The first-order chi connectivity index (χ1) is 13.6. The number of hydrogen-bond donors (Lipinski definition) is 0. The van der Waals surface area contributed by atoms with Gasteiger partial charge in [-0.3, -0.25) is 9.48 Å². The third-order valence-electron chi connectivity index (χ3n) is 5.92. The fraction of sp³-hybridized carbons (Fsp3) is 0.500. The summed E-state index contributed by atoms with van der Waals surface area (Å²) >= 11 is 1.64. The minimum atomic E-state index is 0.0897. The predicted octanol–water partition coefficient (Wildman–Crippen LogP) is 5.19. The molecular weight excluding hydrogens is 368 g/mol. The second-order valence-corrected chi connectivity index (χ2v) is 8.80. The van der Waals surface area contributed by atoms with Gasteiger partial charge in [-0.2, -0.15) is 5.10 Å². The molecule has 3 aromatic heterocycles. The van der Waals surface area contributed by atoms with Gasteiger partial charge in [-0.1, -0.05) is 38.2 Å². The Morgan fingerprint density at radius 1 is 1.21 bits per heavy atom. The van der Waals surface area contributed by atoms with Gasteiger partial charge in [0, 0.05) is 20.1 Å². The van der Waals surface area contributed by atoms with Crippen LogP contribution in [0.5, 0.6) is 0 Å². The standard InChI is InChI=1S/C22H28N4OS/c1-15-20-17(22(27)25(2)16-10-7-5-4-6-8-11-16)14-18(19-12-9-13-28-19)23-21(20)26(3)24-15/h9,12-14,16H,4-8,10-11H2,1-3H3. The van der Waals surface area contributed by atoms with Crippen LogP contribution < -0.4 is 0 Å². The van der Waals surface area contributed by atoms with Crippen molar-refractivity contribution in [3.05, 3.63) is 34.8 Å². The van der Waals surface area contributed by atoms with E-state index in [9.17, 15) is 4.79 Å². The van der Waals surface area contributed by atoms with E-state index in [0.717, 1.165) is 45.7 Å². The Bertz CT molecular complexity index is 968. The summed E-state index contributed by atoms with van der Waals surface area (Å²) in [7, 11) is 3.87. The molecule has 1 aliphatic rings. The van der Waals surface area contributed by atoms with E-state index in [0.29, 0.717) is 6.04 Å². The largest absolute Gasteiger partial charge is 0.339 e. The topological polar surface area (TPSA) is 51.0 Å². The quantitative estimate of drug-likeness (QED) is 0.612. The third kappa shape index (κ3) is 3.58. The van der Waals surface area contributed by atoms with Crippen molar-refractivity contribution in [1.82, 2.24) is 19.7 Å². The summed E-state index contributed by atoms with van der Waals surface area (Å²) in [5, 5.41) is 7.46. The van der Waals surface area contributed by atoms with E-state index in [2.05, 4.69) is 11.2 Å². The zero-order chi connectivity index (χ0) is 19.7. The first-order valence-electron chi connectivity index (χ1n) is 10.2. The summed E-state index contributed by atoms with van der Waals surface area (Å²) in [5.74, 6) is 0.0897. The molecule has 0 bridgehead atoms. The fourth-order valence-electron chi connectivity index (χ4n) is 4.34. The second-order valence-electron chi connectivity index (χ2n) is 7.85. The lowest BCUT2D eigenvalue weighted by Gasteiger charge is -2.30. The monoisotopic (exact) mass is 396 g/mol. The average molecular weight is 397 g/mol. The van der Waals surface area contributed by atoms with Crippen LogP contribution >= 0.6 is 11.3 Å². The van der Waals surface area contributed by atoms with Crippen LogP contribution in [0.3, 0.4) is 0 Å². The molecule has 0 N–H and O–H groups in total. The van der Waals surface area contributed by atoms with Gasteiger partial charge in [0.25, 0.3) is 5.91 Å². The van der Waals surface area contributed by atoms with Gasteiger partial charge < -0.3 is 4.90 Å². The number of aryl methyl sites for hydroxylation is 2. The molecule has 0 spiro atoms. The van der Waals surface area contributed by atoms with Gasteiger partial charge in [0.05, 0.1) is 27.2 Å². The van der Waals surface area contributed by atoms with Gasteiger partial charge >= 0.3 is 0 Å². The number of carbonyl (C=O) groups excluding carboxylic acids is 1. The summed E-state index contributed by atoms with van der Waals surface area (Å²) in [6.45, 7) is 1.96. The summed E-state index contributed by atoms with van der Waals surface area (Å²) in [4.78, 5) is 21.5. The summed E-state index contributed by atoms with van der Waals surface area (Å²) < 4.78 is 1.79. The fourth-order valence-corrected chi connectivity index (χ4v) is 5.03. The number of fused-ring (bicyclic) bond motifs is 1. The summed E-state index contributed by atoms with van der Waals surface area (Å²) in [6.07, 6.45) is 8.50. The summed E-state index contributed by atoms with van der Waals surface area (Å²) in [5.41, 5.74) is 3.21. The lowest BCUT2D eigenvalue weighted by molar-refractivity contribution is 0.0708. The first kappa shape index (κ1) is 19.1. The van der Waals surface area contributed by atoms with E-state index in [-0.39, 0.29) is 5.91 Å². The minimum Gasteiger partial charge on any atom is -0.339 e. The molecule has 0 unspecified atom stereocenters. The lowest BCUT2D eigenvalue weighted by atomic mass is 9.95. The van der Waals surface area contributed by atoms with E-state index in [4.69, 9.17) is 4.98 Å². The molecule has 148 valence electrons. The van der Waals surface area contributed by atoms with Crippen molar-refractivity contribution < 1.29 is 4.79 Å². The Morgan fingerprint density at radius 2 is 1.93 bits per heavy atom. The Balaban J connectivity index is 1.76. The molecule has 0 aromatic carbocycles. The molecule has 3 aromatic rings. The first-order valence-corrected chi connectivity index (χ1v) is 11.1. The van der Waals surface area contributed by atoms with E-state index >= 15 is 0 Å². The maximum absolute atomic E-state index is 13.6. The van der Waals surface area contributed by atoms with Gasteiger partial charge in [0.15, 0.2) is 5.65 Å². The van der Waals surface area contributed by atoms with E-state index < -0.39 is 0 Å². The zero-order valence-electron chi connectivity index (χ0n) is 16.9. The van der Waals surface area contributed by atoms with Crippen molar-refractivity contribution in [2.24, 2.45) is 7.05 Å². The molecule has 0 radical (unpaired) electrons. The smallest absolute Gasteiger partial charge is 0.254 e. The van der Waals surface area contributed by atoms with Crippen LogP contribution in [-0.2, 0) is 7.05 Å². The predicted molar refractivity (Wildman–Crippen MR) is 115 cm³/mol. The van der Waals surface area contributed by atoms with E-state index in [1.54, 1.807) is 16.0 Å². The summed E-state index contributed by atoms with van der Waals surface area (Å²) in [6, 6.07) is 6.35. The SMILES string of the molecule is Cc1nn(C)c2nc(-c3cccs3)cc(C(=O)N(C)C3CCCCCCC3)c12. The number of hydrogen-bond acceptors (Lipinski definition) is 4.